The second kappa shape index (κ2) is 7.08. The van der Waals surface area contributed by atoms with E-state index in [1.165, 1.54) is 7.11 Å². The molecule has 2 aromatic carbocycles. The zero-order valence-corrected chi connectivity index (χ0v) is 13.0. The fraction of sp³-hybridized carbons (Fsp3) is 0.118. The Bertz CT molecular complexity index is 891. The van der Waals surface area contributed by atoms with Crippen molar-refractivity contribution in [2.45, 2.75) is 6.61 Å². The molecule has 3 rings (SSSR count). The fourth-order valence-electron chi connectivity index (χ4n) is 2.08. The van der Waals surface area contributed by atoms with Gasteiger partial charge in [0.25, 0.3) is 5.89 Å². The average molecular weight is 346 g/mol. The first-order valence-electron chi connectivity index (χ1n) is 7.15. The molecular formula is C17H12F2N2O4. The molecule has 0 amide bonds. The lowest BCUT2D eigenvalue weighted by Gasteiger charge is -2.02. The summed E-state index contributed by atoms with van der Waals surface area (Å²) < 4.78 is 41.2. The van der Waals surface area contributed by atoms with Crippen LogP contribution in [-0.2, 0) is 11.3 Å². The molecule has 8 heteroatoms. The van der Waals surface area contributed by atoms with Gasteiger partial charge in [0, 0.05) is 11.6 Å². The van der Waals surface area contributed by atoms with E-state index < -0.39 is 17.6 Å². The topological polar surface area (TPSA) is 74.5 Å². The van der Waals surface area contributed by atoms with E-state index in [1.54, 1.807) is 24.3 Å². The number of nitrogens with zero attached hydrogens (tertiary/aromatic N) is 2. The molecule has 0 saturated carbocycles. The first-order chi connectivity index (χ1) is 12.0. The summed E-state index contributed by atoms with van der Waals surface area (Å²) in [5.74, 6) is -1.68. The second-order valence-corrected chi connectivity index (χ2v) is 4.98. The Hall–Kier alpha value is -3.29. The minimum Gasteiger partial charge on any atom is -0.497 e. The largest absolute Gasteiger partial charge is 0.497 e. The van der Waals surface area contributed by atoms with Gasteiger partial charge < -0.3 is 14.0 Å². The van der Waals surface area contributed by atoms with Gasteiger partial charge in [-0.1, -0.05) is 17.3 Å². The summed E-state index contributed by atoms with van der Waals surface area (Å²) in [7, 11) is 1.54. The quantitative estimate of drug-likeness (QED) is 0.659. The van der Waals surface area contributed by atoms with Crippen molar-refractivity contribution in [1.82, 2.24) is 10.1 Å². The van der Waals surface area contributed by atoms with Crippen molar-refractivity contribution in [1.29, 1.82) is 0 Å². The van der Waals surface area contributed by atoms with Gasteiger partial charge in [-0.3, -0.25) is 0 Å². The van der Waals surface area contributed by atoms with Gasteiger partial charge in [0.15, 0.2) is 6.61 Å². The van der Waals surface area contributed by atoms with Crippen LogP contribution in [0.4, 0.5) is 8.78 Å². The molecule has 0 N–H and O–H groups in total. The van der Waals surface area contributed by atoms with Crippen molar-refractivity contribution >= 4 is 5.97 Å². The normalized spacial score (nSPS) is 10.5. The van der Waals surface area contributed by atoms with E-state index in [9.17, 15) is 13.6 Å². The van der Waals surface area contributed by atoms with Crippen LogP contribution in [0.3, 0.4) is 0 Å². The number of carbonyl (C=O) groups is 1. The summed E-state index contributed by atoms with van der Waals surface area (Å²) in [6.07, 6.45) is 0. The van der Waals surface area contributed by atoms with Crippen LogP contribution in [0.2, 0.25) is 0 Å². The molecule has 1 aromatic heterocycles. The number of halogens is 2. The predicted molar refractivity (Wildman–Crippen MR) is 81.8 cm³/mol. The standard InChI is InChI=1S/C17H12F2N2O4/c1-23-14-4-2-3-10(7-14)16-20-15(25-21-16)9-24-17(22)11-5-12(18)8-13(19)6-11/h2-8H,9H2,1H3. The number of hydrogen-bond donors (Lipinski definition) is 0. The minimum absolute atomic E-state index is 0.0445. The summed E-state index contributed by atoms with van der Waals surface area (Å²) in [5, 5.41) is 3.79. The number of aromatic nitrogens is 2. The highest BCUT2D eigenvalue weighted by molar-refractivity contribution is 5.89. The lowest BCUT2D eigenvalue weighted by atomic mass is 10.2. The van der Waals surface area contributed by atoms with Crippen molar-refractivity contribution in [2.24, 2.45) is 0 Å². The fourth-order valence-corrected chi connectivity index (χ4v) is 2.08. The Labute approximate surface area is 141 Å². The van der Waals surface area contributed by atoms with Gasteiger partial charge in [-0.25, -0.2) is 13.6 Å². The molecule has 0 aliphatic heterocycles. The van der Waals surface area contributed by atoms with Crippen LogP contribution in [-0.4, -0.2) is 23.2 Å². The number of ether oxygens (including phenoxy) is 2. The number of esters is 1. The van der Waals surface area contributed by atoms with Crippen molar-refractivity contribution in [3.63, 3.8) is 0 Å². The Morgan fingerprint density at radius 1 is 1.16 bits per heavy atom. The highest BCUT2D eigenvalue weighted by atomic mass is 19.1. The molecule has 1 heterocycles. The van der Waals surface area contributed by atoms with Gasteiger partial charge in [0.2, 0.25) is 5.82 Å². The summed E-state index contributed by atoms with van der Waals surface area (Å²) in [6.45, 7) is -0.325. The lowest BCUT2D eigenvalue weighted by Crippen LogP contribution is -2.06. The molecule has 0 atom stereocenters. The number of methoxy groups -OCH3 is 1. The Kier molecular flexibility index (Phi) is 4.69. The molecule has 0 aliphatic carbocycles. The molecule has 0 spiro atoms. The number of benzene rings is 2. The van der Waals surface area contributed by atoms with Crippen LogP contribution in [0.1, 0.15) is 16.2 Å². The van der Waals surface area contributed by atoms with E-state index in [0.29, 0.717) is 23.2 Å². The monoisotopic (exact) mass is 346 g/mol. The molecule has 3 aromatic rings. The zero-order valence-electron chi connectivity index (χ0n) is 13.0. The maximum absolute atomic E-state index is 13.1. The summed E-state index contributed by atoms with van der Waals surface area (Å²) in [4.78, 5) is 15.9. The van der Waals surface area contributed by atoms with Crippen LogP contribution in [0.5, 0.6) is 5.75 Å². The summed E-state index contributed by atoms with van der Waals surface area (Å²) in [6, 6.07) is 9.43. The number of rotatable bonds is 5. The zero-order chi connectivity index (χ0) is 17.8. The van der Waals surface area contributed by atoms with E-state index in [2.05, 4.69) is 10.1 Å². The minimum atomic E-state index is -0.903. The lowest BCUT2D eigenvalue weighted by molar-refractivity contribution is 0.0428. The smallest absolute Gasteiger partial charge is 0.338 e. The molecule has 128 valence electrons. The molecular weight excluding hydrogens is 334 g/mol. The van der Waals surface area contributed by atoms with Crippen molar-refractivity contribution in [3.8, 4) is 17.1 Å². The Morgan fingerprint density at radius 3 is 2.64 bits per heavy atom. The third-order valence-corrected chi connectivity index (χ3v) is 3.22. The molecule has 0 bridgehead atoms. The molecule has 0 radical (unpaired) electrons. The summed E-state index contributed by atoms with van der Waals surface area (Å²) >= 11 is 0. The van der Waals surface area contributed by atoms with Gasteiger partial charge in [-0.15, -0.1) is 0 Å². The molecule has 0 fully saturated rings. The maximum atomic E-state index is 13.1. The van der Waals surface area contributed by atoms with Gasteiger partial charge in [-0.05, 0) is 24.3 Å². The van der Waals surface area contributed by atoms with Crippen LogP contribution in [0.25, 0.3) is 11.4 Å². The second-order valence-electron chi connectivity index (χ2n) is 4.98. The van der Waals surface area contributed by atoms with Crippen LogP contribution >= 0.6 is 0 Å². The van der Waals surface area contributed by atoms with E-state index >= 15 is 0 Å². The highest BCUT2D eigenvalue weighted by Crippen LogP contribution is 2.21. The van der Waals surface area contributed by atoms with Crippen molar-refractivity contribution in [3.05, 3.63) is 65.6 Å². The SMILES string of the molecule is COc1cccc(-c2noc(COC(=O)c3cc(F)cc(F)c3)n2)c1. The maximum Gasteiger partial charge on any atom is 0.338 e. The molecule has 0 aliphatic rings. The molecule has 25 heavy (non-hydrogen) atoms. The predicted octanol–water partition coefficient (Wildman–Crippen LogP) is 3.38. The molecule has 0 saturated heterocycles. The van der Waals surface area contributed by atoms with Crippen LogP contribution in [0, 0.1) is 11.6 Å². The summed E-state index contributed by atoms with van der Waals surface area (Å²) in [5.41, 5.74) is 0.415. The van der Waals surface area contributed by atoms with Gasteiger partial charge in [-0.2, -0.15) is 4.98 Å². The third kappa shape index (κ3) is 3.97. The van der Waals surface area contributed by atoms with Gasteiger partial charge in [0.05, 0.1) is 12.7 Å². The van der Waals surface area contributed by atoms with E-state index in [-0.39, 0.29) is 18.1 Å². The van der Waals surface area contributed by atoms with Crippen molar-refractivity contribution in [2.75, 3.05) is 7.11 Å². The van der Waals surface area contributed by atoms with Gasteiger partial charge in [0.1, 0.15) is 17.4 Å². The Morgan fingerprint density at radius 2 is 1.92 bits per heavy atom. The van der Waals surface area contributed by atoms with Gasteiger partial charge >= 0.3 is 5.97 Å². The van der Waals surface area contributed by atoms with Crippen LogP contribution < -0.4 is 4.74 Å². The molecule has 6 nitrogen and oxygen atoms in total. The third-order valence-electron chi connectivity index (χ3n) is 3.22. The van der Waals surface area contributed by atoms with Crippen molar-refractivity contribution < 1.29 is 27.6 Å². The Balaban J connectivity index is 1.68. The highest BCUT2D eigenvalue weighted by Gasteiger charge is 2.14. The average Bonchev–Trinajstić information content (AvgIpc) is 3.08. The number of hydrogen-bond acceptors (Lipinski definition) is 6. The first-order valence-corrected chi connectivity index (χ1v) is 7.15. The number of carbonyl (C=O) groups excluding carboxylic acids is 1. The van der Waals surface area contributed by atoms with Crippen LogP contribution in [0.15, 0.2) is 47.0 Å². The molecule has 0 unspecified atom stereocenters. The first kappa shape index (κ1) is 16.6. The van der Waals surface area contributed by atoms with E-state index in [0.717, 1.165) is 12.1 Å². The van der Waals surface area contributed by atoms with E-state index in [4.69, 9.17) is 14.0 Å². The van der Waals surface area contributed by atoms with E-state index in [1.807, 2.05) is 0 Å².